The molecule has 1 saturated carbocycles. The zero-order valence-corrected chi connectivity index (χ0v) is 17.9. The molecule has 1 fully saturated rings. The first-order valence-electron chi connectivity index (χ1n) is 11.2. The van der Waals surface area contributed by atoms with Crippen LogP contribution in [0.3, 0.4) is 0 Å². The molecule has 0 unspecified atom stereocenters. The third-order valence-electron chi connectivity index (χ3n) is 4.80. The van der Waals surface area contributed by atoms with Crippen molar-refractivity contribution in [1.82, 2.24) is 15.0 Å². The summed E-state index contributed by atoms with van der Waals surface area (Å²) in [5.41, 5.74) is 5.38. The molecule has 0 aliphatic heterocycles. The lowest BCUT2D eigenvalue weighted by molar-refractivity contribution is 0.0547. The minimum absolute atomic E-state index is 0.438. The molecule has 29 heavy (non-hydrogen) atoms. The lowest BCUT2D eigenvalue weighted by Crippen LogP contribution is -2.22. The molecule has 2 rings (SSSR count). The summed E-state index contributed by atoms with van der Waals surface area (Å²) in [7, 11) is 0. The molecule has 166 valence electrons. The largest absolute Gasteiger partial charge is 0.378 e. The Bertz CT molecular complexity index is 540. The maximum absolute atomic E-state index is 5.55. The second kappa shape index (κ2) is 15.2. The van der Waals surface area contributed by atoms with Crippen LogP contribution in [0.25, 0.3) is 0 Å². The Morgan fingerprint density at radius 3 is 2.10 bits per heavy atom. The molecule has 1 aliphatic carbocycles. The van der Waals surface area contributed by atoms with Gasteiger partial charge in [0.05, 0.1) is 26.4 Å². The molecule has 1 aromatic heterocycles. The highest BCUT2D eigenvalue weighted by Gasteiger charge is 2.14. The maximum atomic E-state index is 5.55. The van der Waals surface area contributed by atoms with Gasteiger partial charge in [0, 0.05) is 25.7 Å². The van der Waals surface area contributed by atoms with E-state index in [-0.39, 0.29) is 0 Å². The first-order valence-corrected chi connectivity index (χ1v) is 11.2. The van der Waals surface area contributed by atoms with Gasteiger partial charge in [0.2, 0.25) is 17.8 Å². The quantitative estimate of drug-likeness (QED) is 0.256. The Labute approximate surface area is 175 Å². The Morgan fingerprint density at radius 1 is 0.828 bits per heavy atom. The summed E-state index contributed by atoms with van der Waals surface area (Å²) < 4.78 is 10.8. The van der Waals surface area contributed by atoms with Crippen LogP contribution in [0.5, 0.6) is 0 Å². The summed E-state index contributed by atoms with van der Waals surface area (Å²) in [6.45, 7) is 6.42. The van der Waals surface area contributed by atoms with Gasteiger partial charge in [0.25, 0.3) is 0 Å². The van der Waals surface area contributed by atoms with Gasteiger partial charge in [0.15, 0.2) is 0 Å². The molecular formula is C20H39N7O2. The molecule has 0 saturated heterocycles. The third kappa shape index (κ3) is 10.6. The number of aromatic nitrogens is 3. The number of nitrogens with zero attached hydrogens (tertiary/aromatic N) is 3. The Kier molecular flexibility index (Phi) is 12.3. The Hall–Kier alpha value is -1.71. The predicted octanol–water partition coefficient (Wildman–Crippen LogP) is 2.62. The SMILES string of the molecule is CCCCNc1nc(NCCOCCOCCN)nc(NC2CCCCCC2)n1. The second-order valence-electron chi connectivity index (χ2n) is 7.36. The van der Waals surface area contributed by atoms with E-state index in [2.05, 4.69) is 37.8 Å². The van der Waals surface area contributed by atoms with Gasteiger partial charge in [-0.2, -0.15) is 15.0 Å². The van der Waals surface area contributed by atoms with Crippen molar-refractivity contribution in [2.45, 2.75) is 64.3 Å². The van der Waals surface area contributed by atoms with Crippen LogP contribution in [-0.4, -0.2) is 67.1 Å². The highest BCUT2D eigenvalue weighted by atomic mass is 16.5. The predicted molar refractivity (Wildman–Crippen MR) is 118 cm³/mol. The molecule has 1 aliphatic rings. The van der Waals surface area contributed by atoms with E-state index >= 15 is 0 Å². The molecule has 9 heteroatoms. The van der Waals surface area contributed by atoms with Gasteiger partial charge in [-0.15, -0.1) is 0 Å². The van der Waals surface area contributed by atoms with Crippen molar-refractivity contribution in [2.24, 2.45) is 5.73 Å². The van der Waals surface area contributed by atoms with Crippen LogP contribution in [0, 0.1) is 0 Å². The molecule has 0 amide bonds. The lowest BCUT2D eigenvalue weighted by atomic mass is 10.1. The Balaban J connectivity index is 1.84. The minimum atomic E-state index is 0.438. The van der Waals surface area contributed by atoms with Gasteiger partial charge in [0.1, 0.15) is 0 Å². The first kappa shape index (κ1) is 23.6. The van der Waals surface area contributed by atoms with Crippen LogP contribution in [-0.2, 0) is 9.47 Å². The smallest absolute Gasteiger partial charge is 0.229 e. The topological polar surface area (TPSA) is 119 Å². The van der Waals surface area contributed by atoms with Gasteiger partial charge in [-0.1, -0.05) is 39.0 Å². The van der Waals surface area contributed by atoms with Crippen molar-refractivity contribution in [3.05, 3.63) is 0 Å². The average Bonchev–Trinajstić information content (AvgIpc) is 2.99. The van der Waals surface area contributed by atoms with Gasteiger partial charge in [-0.25, -0.2) is 0 Å². The number of hydrogen-bond acceptors (Lipinski definition) is 9. The van der Waals surface area contributed by atoms with E-state index in [1.165, 1.54) is 38.5 Å². The van der Waals surface area contributed by atoms with Gasteiger partial charge >= 0.3 is 0 Å². The van der Waals surface area contributed by atoms with E-state index < -0.39 is 0 Å². The standard InChI is InChI=1S/C20H39N7O2/c1-2-3-11-22-18-25-19(23-12-14-29-16-15-28-13-10-21)27-20(26-18)24-17-8-6-4-5-7-9-17/h17H,2-16,21H2,1H3,(H3,22,23,24,25,26,27). The molecule has 0 bridgehead atoms. The summed E-state index contributed by atoms with van der Waals surface area (Å²) in [6, 6.07) is 0.438. The summed E-state index contributed by atoms with van der Waals surface area (Å²) in [5.74, 6) is 1.82. The monoisotopic (exact) mass is 409 g/mol. The summed E-state index contributed by atoms with van der Waals surface area (Å²) >= 11 is 0. The van der Waals surface area contributed by atoms with Crippen molar-refractivity contribution in [3.63, 3.8) is 0 Å². The van der Waals surface area contributed by atoms with Gasteiger partial charge in [-0.05, 0) is 19.3 Å². The molecule has 0 radical (unpaired) electrons. The van der Waals surface area contributed by atoms with E-state index in [1.54, 1.807) is 0 Å². The average molecular weight is 410 g/mol. The summed E-state index contributed by atoms with van der Waals surface area (Å²) in [4.78, 5) is 13.6. The third-order valence-corrected chi connectivity index (χ3v) is 4.80. The highest BCUT2D eigenvalue weighted by molar-refractivity contribution is 5.42. The number of nitrogens with two attached hydrogens (primary N) is 1. The summed E-state index contributed by atoms with van der Waals surface area (Å²) in [5, 5.41) is 10.1. The van der Waals surface area contributed by atoms with Crippen molar-refractivity contribution in [1.29, 1.82) is 0 Å². The molecule has 1 aromatic rings. The molecule has 9 nitrogen and oxygen atoms in total. The molecule has 0 aromatic carbocycles. The van der Waals surface area contributed by atoms with Crippen LogP contribution in [0.4, 0.5) is 17.8 Å². The zero-order chi connectivity index (χ0) is 20.6. The zero-order valence-electron chi connectivity index (χ0n) is 17.9. The maximum Gasteiger partial charge on any atom is 0.229 e. The number of rotatable bonds is 15. The van der Waals surface area contributed by atoms with E-state index in [9.17, 15) is 0 Å². The molecule has 0 spiro atoms. The molecule has 1 heterocycles. The van der Waals surface area contributed by atoms with Crippen molar-refractivity contribution < 1.29 is 9.47 Å². The van der Waals surface area contributed by atoms with Crippen LogP contribution in [0.1, 0.15) is 58.3 Å². The highest BCUT2D eigenvalue weighted by Crippen LogP contribution is 2.20. The van der Waals surface area contributed by atoms with Crippen LogP contribution >= 0.6 is 0 Å². The van der Waals surface area contributed by atoms with Crippen molar-refractivity contribution in [2.75, 3.05) is 62.0 Å². The molecular weight excluding hydrogens is 370 g/mol. The van der Waals surface area contributed by atoms with E-state index in [0.717, 1.165) is 19.4 Å². The number of ether oxygens (including phenoxy) is 2. The van der Waals surface area contributed by atoms with E-state index in [1.807, 2.05) is 0 Å². The number of anilines is 3. The Morgan fingerprint density at radius 2 is 1.45 bits per heavy atom. The van der Waals surface area contributed by atoms with Crippen molar-refractivity contribution in [3.8, 4) is 0 Å². The number of hydrogen-bond donors (Lipinski definition) is 4. The van der Waals surface area contributed by atoms with Crippen LogP contribution < -0.4 is 21.7 Å². The fourth-order valence-electron chi connectivity index (χ4n) is 3.22. The lowest BCUT2D eigenvalue weighted by Gasteiger charge is -2.17. The fourth-order valence-corrected chi connectivity index (χ4v) is 3.22. The fraction of sp³-hybridized carbons (Fsp3) is 0.850. The second-order valence-corrected chi connectivity index (χ2v) is 7.36. The normalized spacial score (nSPS) is 15.1. The van der Waals surface area contributed by atoms with Crippen LogP contribution in [0.2, 0.25) is 0 Å². The van der Waals surface area contributed by atoms with E-state index in [0.29, 0.717) is 63.4 Å². The number of unbranched alkanes of at least 4 members (excludes halogenated alkanes) is 1. The summed E-state index contributed by atoms with van der Waals surface area (Å²) in [6.07, 6.45) is 9.74. The number of nitrogens with one attached hydrogen (secondary N) is 3. The van der Waals surface area contributed by atoms with E-state index in [4.69, 9.17) is 15.2 Å². The minimum Gasteiger partial charge on any atom is -0.378 e. The first-order chi connectivity index (χ1) is 14.3. The molecule has 0 atom stereocenters. The van der Waals surface area contributed by atoms with Gasteiger partial charge in [-0.3, -0.25) is 0 Å². The van der Waals surface area contributed by atoms with Crippen molar-refractivity contribution >= 4 is 17.8 Å². The molecule has 5 N–H and O–H groups in total. The van der Waals surface area contributed by atoms with Gasteiger partial charge < -0.3 is 31.2 Å². The van der Waals surface area contributed by atoms with Crippen LogP contribution in [0.15, 0.2) is 0 Å².